The summed E-state index contributed by atoms with van der Waals surface area (Å²) in [6.45, 7) is 8.10. The van der Waals surface area contributed by atoms with Crippen LogP contribution < -0.4 is 0 Å². The number of allylic oxidation sites excluding steroid dienone is 1. The van der Waals surface area contributed by atoms with Crippen LogP contribution in [0.4, 0.5) is 0 Å². The Kier molecular flexibility index (Phi) is 25.8. The number of aryl methyl sites for hydroxylation is 2. The average molecular weight is 1050 g/mol. The van der Waals surface area contributed by atoms with Crippen LogP contribution in [0.3, 0.4) is 0 Å². The first-order valence-corrected chi connectivity index (χ1v) is 14.0. The van der Waals surface area contributed by atoms with Crippen molar-refractivity contribution in [2.24, 2.45) is 4.99 Å². The number of hydrogen-bond acceptors (Lipinski definition) is 8. The molecular weight excluding hydrogens is 1010 g/mol. The van der Waals surface area contributed by atoms with Crippen LogP contribution in [-0.2, 0) is 216 Å². The largest absolute Gasteiger partial charge is 0.457 e. The number of aliphatic imine (C=N–C) groups is 1. The van der Waals surface area contributed by atoms with Crippen molar-refractivity contribution in [3.63, 3.8) is 0 Å². The van der Waals surface area contributed by atoms with Gasteiger partial charge in [0.05, 0.1) is 34.2 Å². The van der Waals surface area contributed by atoms with E-state index in [1.165, 1.54) is 24.2 Å². The molecule has 0 saturated carbocycles. The number of dihydropyridines is 1. The predicted octanol–water partition coefficient (Wildman–Crippen LogP) is 3.28. The topological polar surface area (TPSA) is 64.0 Å². The zero-order chi connectivity index (χ0) is 26.1. The van der Waals surface area contributed by atoms with Crippen molar-refractivity contribution in [1.82, 2.24) is 34.6 Å². The van der Waals surface area contributed by atoms with Gasteiger partial charge in [0.1, 0.15) is 6.04 Å². The van der Waals surface area contributed by atoms with Gasteiger partial charge < -0.3 is 14.7 Å². The van der Waals surface area contributed by atoms with Crippen molar-refractivity contribution in [3.05, 3.63) is 73.9 Å². The van der Waals surface area contributed by atoms with Crippen LogP contribution in [0.2, 0.25) is 0 Å². The number of fused-ring (bicyclic) bond motifs is 7. The van der Waals surface area contributed by atoms with Gasteiger partial charge in [0.2, 0.25) is 0 Å². The summed E-state index contributed by atoms with van der Waals surface area (Å²) in [5.41, 5.74) is 7.63. The number of pyridine rings is 1. The van der Waals surface area contributed by atoms with E-state index in [4.69, 9.17) is 19.9 Å². The van der Waals surface area contributed by atoms with Crippen LogP contribution in [0.1, 0.15) is 53.3 Å². The first-order valence-electron chi connectivity index (χ1n) is 14.0. The molecule has 0 aromatic carbocycles. The van der Waals surface area contributed by atoms with E-state index >= 15 is 0 Å². The van der Waals surface area contributed by atoms with Crippen LogP contribution >= 0.6 is 0 Å². The van der Waals surface area contributed by atoms with Crippen molar-refractivity contribution in [1.29, 1.82) is 0 Å². The minimum Gasteiger partial charge on any atom is -0.457 e. The van der Waals surface area contributed by atoms with Crippen LogP contribution in [0.15, 0.2) is 29.3 Å². The first kappa shape index (κ1) is 48.1. The molecule has 0 bridgehead atoms. The number of hydrogen-bond donors (Lipinski definition) is 0. The maximum atomic E-state index is 5.25. The fraction of sp³-hybridized carbons (Fsp3) is 0.500. The Hall–Kier alpha value is 4.10. The van der Waals surface area contributed by atoms with Gasteiger partial charge in [-0.3, -0.25) is 41.0 Å². The molecule has 14 heteroatoms. The second-order valence-corrected chi connectivity index (χ2v) is 11.1. The number of nitrogens with zero attached hydrogens (tertiary/aromatic N) is 8. The molecule has 2 aliphatic carbocycles. The Morgan fingerprint density at radius 3 is 1.80 bits per heavy atom. The van der Waals surface area contributed by atoms with Gasteiger partial charge in [0.15, 0.2) is 0 Å². The summed E-state index contributed by atoms with van der Waals surface area (Å²) < 4.78 is 0. The summed E-state index contributed by atoms with van der Waals surface area (Å²) >= 11 is 0. The third-order valence-electron chi connectivity index (χ3n) is 8.30. The molecule has 2 unspecified atom stereocenters. The summed E-state index contributed by atoms with van der Waals surface area (Å²) in [5, 5.41) is 0. The first-order chi connectivity index (χ1) is 18.5. The predicted molar refractivity (Wildman–Crippen MR) is 151 cm³/mol. The molecule has 0 N–H and O–H groups in total. The Balaban J connectivity index is 0.00000308. The monoisotopic (exact) mass is 1040 g/mol. The molecule has 0 spiro atoms. The van der Waals surface area contributed by atoms with E-state index < -0.39 is 0 Å². The Labute approximate surface area is 415 Å². The molecule has 0 amide bonds. The molecule has 4 heterocycles. The van der Waals surface area contributed by atoms with Crippen molar-refractivity contribution in [3.8, 4) is 11.3 Å². The Morgan fingerprint density at radius 2 is 1.20 bits per heavy atom. The zero-order valence-corrected chi connectivity index (χ0v) is 42.9. The summed E-state index contributed by atoms with van der Waals surface area (Å²) in [6, 6.07) is 4.35. The van der Waals surface area contributed by atoms with Gasteiger partial charge in [-0.15, -0.1) is 0 Å². The molecule has 2 aliphatic heterocycles. The van der Waals surface area contributed by atoms with E-state index in [1.807, 2.05) is 12.3 Å². The standard InChI is InChI=1S/C30H39N8.6Y/c1-35-13-15-36(2)17-19-38(20-18-37(3)16-14-35)21-22-10-11-24-28(32-22)27-23(7-6-12-31-27)29-30(24)34-26-9-5-4-8-25(26)33-29;;;;;;/h6-7,10-12,23,27H,1-5,8-9,13-21H2;;;;;;/q-3;;;;;;. The molecule has 1 saturated heterocycles. The van der Waals surface area contributed by atoms with Crippen LogP contribution in [-0.4, -0.2) is 93.1 Å². The Bertz CT molecular complexity index is 1210. The molecule has 2 atom stereocenters. The van der Waals surface area contributed by atoms with Gasteiger partial charge in [0, 0.05) is 234 Å². The van der Waals surface area contributed by atoms with E-state index in [1.54, 1.807) is 0 Å². The summed E-state index contributed by atoms with van der Waals surface area (Å²) in [6.07, 6.45) is 10.6. The molecule has 220 valence electrons. The maximum Gasteiger partial charge on any atom is 0.104 e. The van der Waals surface area contributed by atoms with E-state index in [0.717, 1.165) is 100 Å². The van der Waals surface area contributed by atoms with E-state index in [-0.39, 0.29) is 208 Å². The van der Waals surface area contributed by atoms with Gasteiger partial charge >= 0.3 is 0 Å². The number of rotatable bonds is 2. The normalized spacial score (nSPS) is 22.1. The van der Waals surface area contributed by atoms with Gasteiger partial charge in [0.25, 0.3) is 0 Å². The molecule has 6 rings (SSSR count). The number of aromatic nitrogens is 3. The fourth-order valence-electron chi connectivity index (χ4n) is 5.92. The Morgan fingerprint density at radius 1 is 0.659 bits per heavy atom. The quantitative estimate of drug-likeness (QED) is 0.429. The molecule has 44 heavy (non-hydrogen) atoms. The van der Waals surface area contributed by atoms with Crippen molar-refractivity contribution < 1.29 is 196 Å². The minimum atomic E-state index is -0.0408. The smallest absolute Gasteiger partial charge is 0.104 e. The zero-order valence-electron chi connectivity index (χ0n) is 25.9. The summed E-state index contributed by atoms with van der Waals surface area (Å²) in [7, 11) is 12.6. The molecule has 8 nitrogen and oxygen atoms in total. The van der Waals surface area contributed by atoms with E-state index in [2.05, 4.69) is 59.0 Å². The molecule has 6 radical (unpaired) electrons. The van der Waals surface area contributed by atoms with Crippen molar-refractivity contribution in [2.75, 3.05) is 52.4 Å². The van der Waals surface area contributed by atoms with Crippen LogP contribution in [0.5, 0.6) is 0 Å². The van der Waals surface area contributed by atoms with Gasteiger partial charge in [-0.05, 0) is 83.2 Å². The maximum absolute atomic E-state index is 5.25. The molecule has 4 aliphatic rings. The minimum absolute atomic E-state index is 0. The molecule has 2 aromatic heterocycles. The third-order valence-corrected chi connectivity index (χ3v) is 8.30. The van der Waals surface area contributed by atoms with Crippen LogP contribution in [0, 0.1) is 21.1 Å². The van der Waals surface area contributed by atoms with E-state index in [0.29, 0.717) is 0 Å². The van der Waals surface area contributed by atoms with Gasteiger partial charge in [-0.25, -0.2) is 4.98 Å². The van der Waals surface area contributed by atoms with Crippen molar-refractivity contribution in [2.45, 2.75) is 44.2 Å². The second kappa shape index (κ2) is 23.6. The third kappa shape index (κ3) is 12.4. The average Bonchev–Trinajstić information content (AvgIpc) is 2.95. The summed E-state index contributed by atoms with van der Waals surface area (Å²) in [5.74, 6) is 0.0960. The summed E-state index contributed by atoms with van der Waals surface area (Å²) in [4.78, 5) is 29.4. The SMILES string of the molecule is [CH2-]N1CCN([CH2-])CCN(Cc2ccc3c(n2)C2N=CC=CC2c2nc4c(nc2-3)CCCC4)CCN([CH2-])CC1.[Y].[Y].[Y].[Y].[Y].[Y]. The van der Waals surface area contributed by atoms with Crippen LogP contribution in [0.25, 0.3) is 11.3 Å². The van der Waals surface area contributed by atoms with Crippen molar-refractivity contribution >= 4 is 6.21 Å². The van der Waals surface area contributed by atoms with Gasteiger partial charge in [-0.1, -0.05) is 6.08 Å². The molecular formula is C30H39N8Y6-3. The fourth-order valence-corrected chi connectivity index (χ4v) is 5.92. The second-order valence-electron chi connectivity index (χ2n) is 11.1. The molecule has 2 aromatic rings. The van der Waals surface area contributed by atoms with Gasteiger partial charge in [-0.2, -0.15) is 0 Å². The molecule has 1 fully saturated rings. The van der Waals surface area contributed by atoms with E-state index in [9.17, 15) is 0 Å².